The van der Waals surface area contributed by atoms with Crippen LogP contribution in [0.2, 0.25) is 0 Å². The lowest BCUT2D eigenvalue weighted by molar-refractivity contribution is -0.116. The van der Waals surface area contributed by atoms with Gasteiger partial charge < -0.3 is 14.4 Å². The number of hydrogen-bond acceptors (Lipinski definition) is 3. The molecule has 5 heteroatoms. The fraction of sp³-hybridized carbons (Fsp3) is 0.417. The minimum absolute atomic E-state index is 0.0663. The van der Waals surface area contributed by atoms with Crippen LogP contribution in [0, 0.1) is 0 Å². The smallest absolute Gasteiger partial charge is 0.240 e. The zero-order chi connectivity index (χ0) is 12.4. The molecule has 0 aliphatic carbocycles. The molecule has 1 aromatic rings. The number of carbonyl (C=O) groups is 1. The Balaban J connectivity index is 2.39. The van der Waals surface area contributed by atoms with Gasteiger partial charge in [0.2, 0.25) is 5.91 Å². The Labute approximate surface area is 109 Å². The van der Waals surface area contributed by atoms with Gasteiger partial charge in [-0.05, 0) is 18.6 Å². The monoisotopic (exact) mass is 299 g/mol. The topological polar surface area (TPSA) is 38.8 Å². The fourth-order valence-electron chi connectivity index (χ4n) is 1.89. The average molecular weight is 300 g/mol. The molecule has 1 aliphatic heterocycles. The number of carbonyl (C=O) groups excluding carboxylic acids is 1. The van der Waals surface area contributed by atoms with Crippen LogP contribution in [-0.2, 0) is 4.79 Å². The van der Waals surface area contributed by atoms with Crippen LogP contribution in [-0.4, -0.2) is 31.5 Å². The number of amides is 1. The molecular weight excluding hydrogens is 286 g/mol. The summed E-state index contributed by atoms with van der Waals surface area (Å²) in [5, 5.41) is 0. The van der Waals surface area contributed by atoms with Crippen molar-refractivity contribution in [1.82, 2.24) is 0 Å². The van der Waals surface area contributed by atoms with E-state index in [4.69, 9.17) is 9.47 Å². The molecule has 1 aromatic carbocycles. The lowest BCUT2D eigenvalue weighted by atomic mass is 10.2. The molecule has 1 fully saturated rings. The molecule has 1 saturated heterocycles. The second kappa shape index (κ2) is 4.96. The number of alkyl halides is 1. The van der Waals surface area contributed by atoms with Crippen molar-refractivity contribution in [2.45, 2.75) is 11.2 Å². The summed E-state index contributed by atoms with van der Waals surface area (Å²) in [5.41, 5.74) is 0.763. The van der Waals surface area contributed by atoms with Crippen molar-refractivity contribution in [3.05, 3.63) is 18.2 Å². The van der Waals surface area contributed by atoms with E-state index in [0.717, 1.165) is 12.1 Å². The van der Waals surface area contributed by atoms with Gasteiger partial charge in [0.05, 0.1) is 24.7 Å². The van der Waals surface area contributed by atoms with Gasteiger partial charge in [-0.1, -0.05) is 15.9 Å². The Bertz CT molecular complexity index is 436. The number of methoxy groups -OCH3 is 2. The van der Waals surface area contributed by atoms with E-state index in [1.165, 1.54) is 0 Å². The van der Waals surface area contributed by atoms with E-state index in [-0.39, 0.29) is 10.7 Å². The van der Waals surface area contributed by atoms with Gasteiger partial charge in [-0.25, -0.2) is 0 Å². The molecule has 0 saturated carbocycles. The van der Waals surface area contributed by atoms with Crippen molar-refractivity contribution in [3.8, 4) is 11.5 Å². The molecule has 92 valence electrons. The summed E-state index contributed by atoms with van der Waals surface area (Å²) in [7, 11) is 3.20. The van der Waals surface area contributed by atoms with Crippen molar-refractivity contribution < 1.29 is 14.3 Å². The van der Waals surface area contributed by atoms with Gasteiger partial charge >= 0.3 is 0 Å². The molecule has 1 aliphatic rings. The number of ether oxygens (including phenoxy) is 2. The molecule has 0 N–H and O–H groups in total. The largest absolute Gasteiger partial charge is 0.497 e. The molecule has 17 heavy (non-hydrogen) atoms. The van der Waals surface area contributed by atoms with E-state index < -0.39 is 0 Å². The van der Waals surface area contributed by atoms with Crippen molar-refractivity contribution in [1.29, 1.82) is 0 Å². The highest BCUT2D eigenvalue weighted by atomic mass is 79.9. The maximum Gasteiger partial charge on any atom is 0.240 e. The van der Waals surface area contributed by atoms with Crippen molar-refractivity contribution in [3.63, 3.8) is 0 Å². The molecule has 4 nitrogen and oxygen atoms in total. The summed E-state index contributed by atoms with van der Waals surface area (Å²) in [6.45, 7) is 0.693. The van der Waals surface area contributed by atoms with Gasteiger partial charge in [-0.3, -0.25) is 4.79 Å². The van der Waals surface area contributed by atoms with E-state index in [2.05, 4.69) is 15.9 Å². The van der Waals surface area contributed by atoms with Crippen molar-refractivity contribution >= 4 is 27.5 Å². The van der Waals surface area contributed by atoms with E-state index in [0.29, 0.717) is 18.0 Å². The minimum atomic E-state index is -0.0987. The Kier molecular flexibility index (Phi) is 3.57. The highest BCUT2D eigenvalue weighted by Gasteiger charge is 2.32. The van der Waals surface area contributed by atoms with Gasteiger partial charge in [0, 0.05) is 12.6 Å². The van der Waals surface area contributed by atoms with Crippen LogP contribution in [0.3, 0.4) is 0 Å². The van der Waals surface area contributed by atoms with Gasteiger partial charge in [-0.2, -0.15) is 0 Å². The van der Waals surface area contributed by atoms with Crippen LogP contribution in [0.5, 0.6) is 11.5 Å². The van der Waals surface area contributed by atoms with Gasteiger partial charge in [0.25, 0.3) is 0 Å². The Morgan fingerprint density at radius 1 is 1.35 bits per heavy atom. The number of anilines is 1. The Morgan fingerprint density at radius 2 is 2.12 bits per heavy atom. The second-order valence-corrected chi connectivity index (χ2v) is 4.89. The third kappa shape index (κ3) is 2.24. The molecule has 1 unspecified atom stereocenters. The summed E-state index contributed by atoms with van der Waals surface area (Å²) < 4.78 is 10.4. The molecule has 0 radical (unpaired) electrons. The molecule has 1 atom stereocenters. The van der Waals surface area contributed by atoms with Crippen LogP contribution in [0.4, 0.5) is 5.69 Å². The number of rotatable bonds is 3. The van der Waals surface area contributed by atoms with Gasteiger partial charge in [0.1, 0.15) is 11.5 Å². The highest BCUT2D eigenvalue weighted by Crippen LogP contribution is 2.35. The van der Waals surface area contributed by atoms with E-state index >= 15 is 0 Å². The van der Waals surface area contributed by atoms with Crippen LogP contribution in [0.1, 0.15) is 6.42 Å². The molecule has 2 rings (SSSR count). The van der Waals surface area contributed by atoms with E-state index in [1.807, 2.05) is 18.2 Å². The Morgan fingerprint density at radius 3 is 2.65 bits per heavy atom. The summed E-state index contributed by atoms with van der Waals surface area (Å²) >= 11 is 3.36. The first kappa shape index (κ1) is 12.2. The van der Waals surface area contributed by atoms with Crippen molar-refractivity contribution in [2.75, 3.05) is 25.7 Å². The van der Waals surface area contributed by atoms with Crippen LogP contribution in [0.15, 0.2) is 18.2 Å². The summed E-state index contributed by atoms with van der Waals surface area (Å²) in [5.74, 6) is 1.46. The van der Waals surface area contributed by atoms with Crippen molar-refractivity contribution in [2.24, 2.45) is 0 Å². The minimum Gasteiger partial charge on any atom is -0.497 e. The molecular formula is C12H14BrNO3. The second-order valence-electron chi connectivity index (χ2n) is 3.78. The highest BCUT2D eigenvalue weighted by molar-refractivity contribution is 9.10. The quantitative estimate of drug-likeness (QED) is 0.803. The molecule has 1 heterocycles. The lowest BCUT2D eigenvalue weighted by Crippen LogP contribution is -2.27. The maximum atomic E-state index is 12.0. The molecule has 0 spiro atoms. The number of nitrogens with zero attached hydrogens (tertiary/aromatic N) is 1. The number of benzene rings is 1. The fourth-order valence-corrected chi connectivity index (χ4v) is 2.34. The maximum absolute atomic E-state index is 12.0. The molecule has 1 amide bonds. The van der Waals surface area contributed by atoms with E-state index in [1.54, 1.807) is 19.1 Å². The van der Waals surface area contributed by atoms with Gasteiger partial charge in [-0.15, -0.1) is 0 Å². The number of hydrogen-bond donors (Lipinski definition) is 0. The van der Waals surface area contributed by atoms with Gasteiger partial charge in [0.15, 0.2) is 0 Å². The van der Waals surface area contributed by atoms with Crippen LogP contribution in [0.25, 0.3) is 0 Å². The lowest BCUT2D eigenvalue weighted by Gasteiger charge is -2.19. The standard InChI is InChI=1S/C12H14BrNO3/c1-16-8-3-4-11(17-2)10(7-8)14-6-5-9(13)12(14)15/h3-4,7,9H,5-6H2,1-2H3. The first-order valence-corrected chi connectivity index (χ1v) is 6.26. The number of halogens is 1. The third-order valence-corrected chi connectivity index (χ3v) is 3.67. The summed E-state index contributed by atoms with van der Waals surface area (Å²) in [6, 6.07) is 5.44. The zero-order valence-corrected chi connectivity index (χ0v) is 11.4. The van der Waals surface area contributed by atoms with E-state index in [9.17, 15) is 4.79 Å². The molecule has 0 bridgehead atoms. The summed E-state index contributed by atoms with van der Waals surface area (Å²) in [4.78, 5) is 13.6. The third-order valence-electron chi connectivity index (χ3n) is 2.82. The Hall–Kier alpha value is -1.23. The molecule has 0 aromatic heterocycles. The predicted molar refractivity (Wildman–Crippen MR) is 69.2 cm³/mol. The normalized spacial score (nSPS) is 19.6. The first-order chi connectivity index (χ1) is 8.17. The first-order valence-electron chi connectivity index (χ1n) is 5.35. The summed E-state index contributed by atoms with van der Waals surface area (Å²) in [6.07, 6.45) is 0.805. The SMILES string of the molecule is COc1ccc(OC)c(N2CCC(Br)C2=O)c1. The zero-order valence-electron chi connectivity index (χ0n) is 9.77. The predicted octanol–water partition coefficient (Wildman–Crippen LogP) is 2.20. The van der Waals surface area contributed by atoms with Crippen LogP contribution >= 0.6 is 15.9 Å². The van der Waals surface area contributed by atoms with Crippen LogP contribution < -0.4 is 14.4 Å². The average Bonchev–Trinajstić information content (AvgIpc) is 2.69.